The van der Waals surface area contributed by atoms with Crippen LogP contribution in [0, 0.1) is 6.92 Å². The van der Waals surface area contributed by atoms with Gasteiger partial charge in [-0.25, -0.2) is 4.79 Å². The number of phenolic OH excluding ortho intramolecular Hbond substituents is 2. The molecule has 1 aliphatic heterocycles. The Labute approximate surface area is 181 Å². The minimum atomic E-state index is -1.70. The number of aliphatic hydroxyl groups is 3. The molecule has 1 fully saturated rings. The third kappa shape index (κ3) is 5.26. The summed E-state index contributed by atoms with van der Waals surface area (Å²) in [6.07, 6.45) is -4.30. The van der Waals surface area contributed by atoms with Gasteiger partial charge >= 0.3 is 5.97 Å². The molecule has 0 spiro atoms. The zero-order valence-electron chi connectivity index (χ0n) is 16.8. The van der Waals surface area contributed by atoms with E-state index in [1.807, 2.05) is 0 Å². The largest absolute Gasteiger partial charge is 0.504 e. The van der Waals surface area contributed by atoms with Crippen molar-refractivity contribution in [3.05, 3.63) is 58.2 Å². The Bertz CT molecular complexity index is 1040. The van der Waals surface area contributed by atoms with Gasteiger partial charge in [0.25, 0.3) is 0 Å². The molecular formula is C21H22O11. The predicted molar refractivity (Wildman–Crippen MR) is 107 cm³/mol. The molecule has 0 amide bonds. The highest BCUT2D eigenvalue weighted by Gasteiger charge is 2.45. The van der Waals surface area contributed by atoms with Crippen LogP contribution in [0.4, 0.5) is 0 Å². The van der Waals surface area contributed by atoms with Crippen LogP contribution in [0.2, 0.25) is 0 Å². The number of esters is 1. The van der Waals surface area contributed by atoms with Crippen molar-refractivity contribution in [1.29, 1.82) is 0 Å². The predicted octanol–water partition coefficient (Wildman–Crippen LogP) is -0.198. The number of rotatable bonds is 6. The summed E-state index contributed by atoms with van der Waals surface area (Å²) in [5.41, 5.74) is -0.131. The Morgan fingerprint density at radius 1 is 1.09 bits per heavy atom. The molecule has 32 heavy (non-hydrogen) atoms. The van der Waals surface area contributed by atoms with E-state index >= 15 is 0 Å². The van der Waals surface area contributed by atoms with E-state index in [0.717, 1.165) is 18.4 Å². The van der Waals surface area contributed by atoms with Crippen molar-refractivity contribution >= 4 is 12.0 Å². The fraction of sp³-hybridized carbons (Fsp3) is 0.333. The van der Waals surface area contributed by atoms with Crippen LogP contribution in [0.5, 0.6) is 17.2 Å². The summed E-state index contributed by atoms with van der Waals surface area (Å²) in [6.45, 7) is 0.952. The molecule has 1 aromatic carbocycles. The van der Waals surface area contributed by atoms with E-state index in [2.05, 4.69) is 0 Å². The first kappa shape index (κ1) is 23.3. The first-order valence-electron chi connectivity index (χ1n) is 9.49. The van der Waals surface area contributed by atoms with Gasteiger partial charge in [0.05, 0.1) is 6.26 Å². The molecule has 172 valence electrons. The minimum Gasteiger partial charge on any atom is -0.504 e. The highest BCUT2D eigenvalue weighted by Crippen LogP contribution is 2.26. The van der Waals surface area contributed by atoms with E-state index in [1.165, 1.54) is 31.2 Å². The Morgan fingerprint density at radius 3 is 2.53 bits per heavy atom. The molecule has 0 saturated carbocycles. The van der Waals surface area contributed by atoms with Gasteiger partial charge < -0.3 is 44.2 Å². The lowest BCUT2D eigenvalue weighted by atomic mass is 9.99. The summed E-state index contributed by atoms with van der Waals surface area (Å²) in [5.74, 6) is -1.63. The molecule has 1 aliphatic rings. The number of hydrogen-bond acceptors (Lipinski definition) is 11. The quantitative estimate of drug-likeness (QED) is 0.224. The molecule has 0 bridgehead atoms. The molecular weight excluding hydrogens is 428 g/mol. The highest BCUT2D eigenvalue weighted by atomic mass is 16.7. The molecule has 5 atom stereocenters. The van der Waals surface area contributed by atoms with Crippen LogP contribution in [-0.2, 0) is 14.3 Å². The highest BCUT2D eigenvalue weighted by molar-refractivity contribution is 5.87. The monoisotopic (exact) mass is 450 g/mol. The van der Waals surface area contributed by atoms with Gasteiger partial charge in [-0.05, 0) is 30.7 Å². The van der Waals surface area contributed by atoms with Crippen molar-refractivity contribution in [2.45, 2.75) is 37.6 Å². The zero-order chi connectivity index (χ0) is 23.4. The molecule has 3 rings (SSSR count). The van der Waals surface area contributed by atoms with Crippen molar-refractivity contribution < 1.29 is 49.0 Å². The van der Waals surface area contributed by atoms with Gasteiger partial charge in [0.15, 0.2) is 11.5 Å². The molecule has 5 N–H and O–H groups in total. The minimum absolute atomic E-state index is 0.113. The van der Waals surface area contributed by atoms with Crippen molar-refractivity contribution in [2.75, 3.05) is 6.61 Å². The van der Waals surface area contributed by atoms with Gasteiger partial charge in [-0.15, -0.1) is 0 Å². The molecule has 2 aromatic rings. The Balaban J connectivity index is 1.63. The summed E-state index contributed by atoms with van der Waals surface area (Å²) < 4.78 is 20.8. The Hall–Kier alpha value is -3.38. The van der Waals surface area contributed by atoms with Crippen LogP contribution in [-0.4, -0.2) is 68.8 Å². The van der Waals surface area contributed by atoms with Gasteiger partial charge in [-0.3, -0.25) is 4.79 Å². The SMILES string of the molecule is Cc1occc(=O)c1OC1OC(COC(=O)C=Cc2ccc(O)c(O)c2)C(O)C(O)C1O. The summed E-state index contributed by atoms with van der Waals surface area (Å²) >= 11 is 0. The Morgan fingerprint density at radius 2 is 1.84 bits per heavy atom. The number of phenols is 2. The smallest absolute Gasteiger partial charge is 0.330 e. The van der Waals surface area contributed by atoms with Gasteiger partial charge in [0, 0.05) is 12.1 Å². The van der Waals surface area contributed by atoms with Gasteiger partial charge in [0.2, 0.25) is 17.5 Å². The van der Waals surface area contributed by atoms with E-state index in [0.29, 0.717) is 5.56 Å². The summed E-state index contributed by atoms with van der Waals surface area (Å²) in [6, 6.07) is 5.03. The van der Waals surface area contributed by atoms with Gasteiger partial charge in [0.1, 0.15) is 36.8 Å². The van der Waals surface area contributed by atoms with Crippen LogP contribution in [0.25, 0.3) is 6.08 Å². The number of carbonyl (C=O) groups excluding carboxylic acids is 1. The third-order valence-corrected chi connectivity index (χ3v) is 4.71. The molecule has 11 heteroatoms. The fourth-order valence-corrected chi connectivity index (χ4v) is 2.93. The maximum absolute atomic E-state index is 12.0. The van der Waals surface area contributed by atoms with Gasteiger partial charge in [-0.1, -0.05) is 6.07 Å². The second-order valence-corrected chi connectivity index (χ2v) is 7.01. The van der Waals surface area contributed by atoms with E-state index in [1.54, 1.807) is 0 Å². The second-order valence-electron chi connectivity index (χ2n) is 7.01. The molecule has 1 aromatic heterocycles. The van der Waals surface area contributed by atoms with Crippen LogP contribution in [0.3, 0.4) is 0 Å². The number of carbonyl (C=O) groups is 1. The van der Waals surface area contributed by atoms with Crippen molar-refractivity contribution in [3.8, 4) is 17.2 Å². The third-order valence-electron chi connectivity index (χ3n) is 4.71. The van der Waals surface area contributed by atoms with Gasteiger partial charge in [-0.2, -0.15) is 0 Å². The standard InChI is InChI=1S/C21H22O11/c1-10-20(13(23)6-7-29-10)32-21-19(28)18(27)17(26)15(31-21)9-30-16(25)5-3-11-2-4-12(22)14(24)8-11/h2-8,15,17-19,21-22,24,26-28H,9H2,1H3. The van der Waals surface area contributed by atoms with E-state index in [4.69, 9.17) is 18.6 Å². The lowest BCUT2D eigenvalue weighted by Crippen LogP contribution is -2.60. The first-order chi connectivity index (χ1) is 15.2. The molecule has 1 saturated heterocycles. The number of benzene rings is 1. The molecule has 0 radical (unpaired) electrons. The van der Waals surface area contributed by atoms with Crippen LogP contribution < -0.4 is 10.2 Å². The number of hydrogen-bond donors (Lipinski definition) is 5. The number of aryl methyl sites for hydroxylation is 1. The average Bonchev–Trinajstić information content (AvgIpc) is 2.76. The molecule has 2 heterocycles. The Kier molecular flexibility index (Phi) is 7.15. The molecule has 5 unspecified atom stereocenters. The van der Waals surface area contributed by atoms with Crippen molar-refractivity contribution in [3.63, 3.8) is 0 Å². The zero-order valence-corrected chi connectivity index (χ0v) is 16.8. The maximum Gasteiger partial charge on any atom is 0.330 e. The van der Waals surface area contributed by atoms with E-state index in [9.17, 15) is 35.1 Å². The number of ether oxygens (including phenoxy) is 3. The lowest BCUT2D eigenvalue weighted by molar-refractivity contribution is -0.278. The number of aliphatic hydroxyl groups excluding tert-OH is 3. The van der Waals surface area contributed by atoms with Crippen LogP contribution in [0.1, 0.15) is 11.3 Å². The topological polar surface area (TPSA) is 176 Å². The van der Waals surface area contributed by atoms with Crippen molar-refractivity contribution in [1.82, 2.24) is 0 Å². The summed E-state index contributed by atoms with van der Waals surface area (Å²) in [5, 5.41) is 49.1. The molecule has 0 aliphatic carbocycles. The van der Waals surface area contributed by atoms with E-state index < -0.39 is 48.7 Å². The molecule has 11 nitrogen and oxygen atoms in total. The first-order valence-corrected chi connectivity index (χ1v) is 9.49. The van der Waals surface area contributed by atoms with Crippen LogP contribution >= 0.6 is 0 Å². The van der Waals surface area contributed by atoms with Crippen molar-refractivity contribution in [2.24, 2.45) is 0 Å². The summed E-state index contributed by atoms with van der Waals surface area (Å²) in [4.78, 5) is 23.9. The second kappa shape index (κ2) is 9.83. The lowest BCUT2D eigenvalue weighted by Gasteiger charge is -2.39. The summed E-state index contributed by atoms with van der Waals surface area (Å²) in [7, 11) is 0. The maximum atomic E-state index is 12.0. The normalized spacial score (nSPS) is 25.6. The fourth-order valence-electron chi connectivity index (χ4n) is 2.93. The average molecular weight is 450 g/mol. The van der Waals surface area contributed by atoms with Crippen LogP contribution in [0.15, 0.2) is 45.8 Å². The van der Waals surface area contributed by atoms with E-state index in [-0.39, 0.29) is 23.0 Å². The number of aromatic hydroxyl groups is 2.